The SMILES string of the molecule is Cc1cc(C)c(B(c2ccc(-c3ccc4[nH]c5ccc(-c6ccc(B(c7c(C)cc(C)cc7C)c7c(C)cc(C)cc7C)cc6)cc5c4c3)cc2)c2c(C)cc(C)cc2C)c(C)c1. The minimum absolute atomic E-state index is 0.154. The zero-order valence-corrected chi connectivity index (χ0v) is 39.4. The Labute approximate surface area is 376 Å². The van der Waals surface area contributed by atoms with E-state index in [4.69, 9.17) is 0 Å². The molecule has 1 heterocycles. The van der Waals surface area contributed by atoms with Gasteiger partial charge in [0.15, 0.2) is 0 Å². The monoisotopic (exact) mass is 815 g/mol. The standard InChI is InChI=1S/C60H59B2N/c1-35-25-39(5)57(40(6)26-35)61(58-41(7)27-36(2)28-42(58)8)51-19-13-47(14-20-51)49-17-23-55-53(33-49)54-34-50(18-24-56(54)63-55)48-15-21-52(22-16-48)62(59-43(9)29-37(3)30-44(59)10)60-45(11)31-38(4)32-46(60)12/h13-34,63H,1-12H3. The molecule has 1 aromatic heterocycles. The minimum Gasteiger partial charge on any atom is -0.355 e. The van der Waals surface area contributed by atoms with Gasteiger partial charge in [0.1, 0.15) is 0 Å². The number of aromatic nitrogens is 1. The van der Waals surface area contributed by atoms with Gasteiger partial charge in [-0.15, -0.1) is 0 Å². The van der Waals surface area contributed by atoms with Gasteiger partial charge in [0.05, 0.1) is 0 Å². The summed E-state index contributed by atoms with van der Waals surface area (Å²) in [4.78, 5) is 3.71. The highest BCUT2D eigenvalue weighted by atomic mass is 14.7. The summed E-state index contributed by atoms with van der Waals surface area (Å²) in [6, 6.07) is 51.3. The van der Waals surface area contributed by atoms with E-state index in [0.29, 0.717) is 0 Å². The van der Waals surface area contributed by atoms with Gasteiger partial charge in [-0.05, 0) is 130 Å². The van der Waals surface area contributed by atoms with Crippen LogP contribution < -0.4 is 32.8 Å². The van der Waals surface area contributed by atoms with Crippen LogP contribution in [0.1, 0.15) is 66.8 Å². The number of hydrogen-bond donors (Lipinski definition) is 1. The second-order valence-corrected chi connectivity index (χ2v) is 19.0. The average molecular weight is 816 g/mol. The van der Waals surface area contributed by atoms with Gasteiger partial charge in [-0.1, -0.05) is 209 Å². The summed E-state index contributed by atoms with van der Waals surface area (Å²) in [5, 5.41) is 2.49. The molecule has 8 aromatic carbocycles. The lowest BCUT2D eigenvalue weighted by Crippen LogP contribution is -2.55. The third kappa shape index (κ3) is 7.78. The molecule has 0 aliphatic rings. The van der Waals surface area contributed by atoms with E-state index in [2.05, 4.69) is 222 Å². The Kier molecular flexibility index (Phi) is 11.0. The largest absolute Gasteiger partial charge is 0.355 e. The summed E-state index contributed by atoms with van der Waals surface area (Å²) >= 11 is 0. The maximum absolute atomic E-state index is 3.71. The number of fused-ring (bicyclic) bond motifs is 3. The van der Waals surface area contributed by atoms with Crippen LogP contribution >= 0.6 is 0 Å². The van der Waals surface area contributed by atoms with E-state index >= 15 is 0 Å². The smallest absolute Gasteiger partial charge is 0.242 e. The number of nitrogens with one attached hydrogen (secondary N) is 1. The Hall–Kier alpha value is -6.31. The second kappa shape index (κ2) is 16.4. The summed E-state index contributed by atoms with van der Waals surface area (Å²) in [7, 11) is 0. The predicted octanol–water partition coefficient (Wildman–Crippen LogP) is 11.4. The van der Waals surface area contributed by atoms with Gasteiger partial charge in [-0.25, -0.2) is 0 Å². The number of hydrogen-bond acceptors (Lipinski definition) is 0. The van der Waals surface area contributed by atoms with Crippen LogP contribution in [0.25, 0.3) is 44.1 Å². The molecule has 9 rings (SSSR count). The Morgan fingerprint density at radius 2 is 0.508 bits per heavy atom. The molecule has 63 heavy (non-hydrogen) atoms. The van der Waals surface area contributed by atoms with E-state index in [-0.39, 0.29) is 13.4 Å². The van der Waals surface area contributed by atoms with Crippen molar-refractivity contribution in [3.8, 4) is 22.3 Å². The number of benzene rings is 8. The molecule has 9 aromatic rings. The molecule has 0 amide bonds. The van der Waals surface area contributed by atoms with E-state index in [0.717, 1.165) is 11.0 Å². The molecule has 3 heteroatoms. The molecular weight excluding hydrogens is 756 g/mol. The summed E-state index contributed by atoms with van der Waals surface area (Å²) in [5.74, 6) is 0. The molecule has 0 spiro atoms. The molecule has 0 radical (unpaired) electrons. The molecule has 0 saturated carbocycles. The Bertz CT molecular complexity index is 2810. The quantitative estimate of drug-likeness (QED) is 0.147. The van der Waals surface area contributed by atoms with Crippen LogP contribution in [0.2, 0.25) is 0 Å². The average Bonchev–Trinajstić information content (AvgIpc) is 3.59. The normalized spacial score (nSPS) is 11.5. The topological polar surface area (TPSA) is 15.8 Å². The van der Waals surface area contributed by atoms with Crippen LogP contribution in [-0.2, 0) is 0 Å². The first-order valence-electron chi connectivity index (χ1n) is 22.7. The first-order chi connectivity index (χ1) is 30.1. The fraction of sp³-hybridized carbons (Fsp3) is 0.200. The van der Waals surface area contributed by atoms with Gasteiger partial charge < -0.3 is 4.98 Å². The third-order valence-corrected chi connectivity index (χ3v) is 13.9. The highest BCUT2D eigenvalue weighted by Gasteiger charge is 2.30. The number of rotatable bonds is 8. The zero-order chi connectivity index (χ0) is 44.4. The van der Waals surface area contributed by atoms with E-state index in [9.17, 15) is 0 Å². The van der Waals surface area contributed by atoms with Gasteiger partial charge >= 0.3 is 0 Å². The molecule has 0 unspecified atom stereocenters. The lowest BCUT2D eigenvalue weighted by Gasteiger charge is -2.25. The Balaban J connectivity index is 1.08. The van der Waals surface area contributed by atoms with Crippen LogP contribution in [-0.4, -0.2) is 18.4 Å². The highest BCUT2D eigenvalue weighted by Crippen LogP contribution is 2.33. The van der Waals surface area contributed by atoms with Gasteiger partial charge in [0.25, 0.3) is 0 Å². The summed E-state index contributed by atoms with van der Waals surface area (Å²) in [6.07, 6.45) is 0. The van der Waals surface area contributed by atoms with Gasteiger partial charge in [0, 0.05) is 21.8 Å². The fourth-order valence-electron chi connectivity index (χ4n) is 11.5. The highest BCUT2D eigenvalue weighted by molar-refractivity contribution is 6.97. The molecule has 310 valence electrons. The minimum atomic E-state index is 0.154. The maximum Gasteiger partial charge on any atom is 0.242 e. The molecule has 1 N–H and O–H groups in total. The molecule has 0 fully saturated rings. The zero-order valence-electron chi connectivity index (χ0n) is 39.4. The fourth-order valence-corrected chi connectivity index (χ4v) is 11.5. The molecule has 0 aliphatic heterocycles. The number of aromatic amines is 1. The van der Waals surface area contributed by atoms with Gasteiger partial charge in [-0.2, -0.15) is 0 Å². The molecule has 1 nitrogen and oxygen atoms in total. The summed E-state index contributed by atoms with van der Waals surface area (Å²) in [6.45, 7) is 27.4. The number of aryl methyl sites for hydroxylation is 12. The summed E-state index contributed by atoms with van der Waals surface area (Å²) < 4.78 is 0. The van der Waals surface area contributed by atoms with Crippen LogP contribution in [0.3, 0.4) is 0 Å². The van der Waals surface area contributed by atoms with E-state index in [1.165, 1.54) is 133 Å². The van der Waals surface area contributed by atoms with Crippen LogP contribution in [0, 0.1) is 83.1 Å². The molecule has 0 saturated heterocycles. The van der Waals surface area contributed by atoms with Gasteiger partial charge in [0.2, 0.25) is 13.4 Å². The molecule has 0 aliphatic carbocycles. The van der Waals surface area contributed by atoms with E-state index in [1.807, 2.05) is 0 Å². The van der Waals surface area contributed by atoms with Crippen molar-refractivity contribution < 1.29 is 0 Å². The van der Waals surface area contributed by atoms with Crippen molar-refractivity contribution >= 4 is 68.0 Å². The van der Waals surface area contributed by atoms with Crippen LogP contribution in [0.5, 0.6) is 0 Å². The van der Waals surface area contributed by atoms with Crippen molar-refractivity contribution in [2.24, 2.45) is 0 Å². The molecule has 0 bridgehead atoms. The lowest BCUT2D eigenvalue weighted by atomic mass is 9.34. The third-order valence-electron chi connectivity index (χ3n) is 13.9. The second-order valence-electron chi connectivity index (χ2n) is 19.0. The van der Waals surface area contributed by atoms with Crippen molar-refractivity contribution in [2.75, 3.05) is 0 Å². The van der Waals surface area contributed by atoms with Crippen LogP contribution in [0.4, 0.5) is 0 Å². The first kappa shape index (κ1) is 42.0. The van der Waals surface area contributed by atoms with Crippen molar-refractivity contribution in [1.82, 2.24) is 4.98 Å². The van der Waals surface area contributed by atoms with Crippen LogP contribution in [0.15, 0.2) is 133 Å². The number of H-pyrrole nitrogens is 1. The molecule has 0 atom stereocenters. The Morgan fingerprint density at radius 3 is 0.762 bits per heavy atom. The lowest BCUT2D eigenvalue weighted by molar-refractivity contribution is 1.34. The van der Waals surface area contributed by atoms with E-state index < -0.39 is 0 Å². The maximum atomic E-state index is 3.71. The van der Waals surface area contributed by atoms with Gasteiger partial charge in [-0.3, -0.25) is 0 Å². The molecular formula is C60H59B2N. The van der Waals surface area contributed by atoms with Crippen molar-refractivity contribution in [1.29, 1.82) is 0 Å². The summed E-state index contributed by atoms with van der Waals surface area (Å²) in [5.41, 5.74) is 31.6. The Morgan fingerprint density at radius 1 is 0.270 bits per heavy atom. The van der Waals surface area contributed by atoms with E-state index in [1.54, 1.807) is 0 Å². The van der Waals surface area contributed by atoms with Crippen molar-refractivity contribution in [2.45, 2.75) is 83.1 Å². The predicted molar refractivity (Wildman–Crippen MR) is 279 cm³/mol. The van der Waals surface area contributed by atoms with Crippen molar-refractivity contribution in [3.63, 3.8) is 0 Å². The first-order valence-corrected chi connectivity index (χ1v) is 22.7. The van der Waals surface area contributed by atoms with Crippen molar-refractivity contribution in [3.05, 3.63) is 200 Å².